The van der Waals surface area contributed by atoms with Gasteiger partial charge in [-0.2, -0.15) is 0 Å². The van der Waals surface area contributed by atoms with Crippen LogP contribution in [0.1, 0.15) is 16.7 Å². The van der Waals surface area contributed by atoms with Crippen LogP contribution >= 0.6 is 0 Å². The van der Waals surface area contributed by atoms with Crippen molar-refractivity contribution in [3.63, 3.8) is 0 Å². The van der Waals surface area contributed by atoms with Crippen molar-refractivity contribution in [2.24, 2.45) is 0 Å². The van der Waals surface area contributed by atoms with Crippen LogP contribution < -0.4 is 0 Å². The molecular weight excluding hydrogens is 332 g/mol. The second kappa shape index (κ2) is 5.37. The summed E-state index contributed by atoms with van der Waals surface area (Å²) in [7, 11) is 0. The summed E-state index contributed by atoms with van der Waals surface area (Å²) in [6, 6.07) is 18.3. The number of phenols is 2. The Bertz CT molecular complexity index is 1410. The second-order valence-corrected chi connectivity index (χ2v) is 7.54. The molecule has 2 N–H and O–H groups in total. The van der Waals surface area contributed by atoms with E-state index in [0.717, 1.165) is 59.8 Å². The monoisotopic (exact) mass is 352 g/mol. The molecule has 0 bridgehead atoms. The van der Waals surface area contributed by atoms with Crippen LogP contribution in [0.15, 0.2) is 54.6 Å². The van der Waals surface area contributed by atoms with Crippen molar-refractivity contribution in [3.8, 4) is 11.5 Å². The molecule has 2 heteroatoms. The van der Waals surface area contributed by atoms with E-state index in [4.69, 9.17) is 0 Å². The molecule has 0 aliphatic carbocycles. The molecule has 132 valence electrons. The third-order valence-electron chi connectivity index (χ3n) is 5.82. The lowest BCUT2D eigenvalue weighted by molar-refractivity contribution is 0.486. The Kier molecular flexibility index (Phi) is 3.17. The molecule has 0 radical (unpaired) electrons. The van der Waals surface area contributed by atoms with Gasteiger partial charge in [-0.05, 0) is 83.3 Å². The molecular formula is C25H20O2. The number of benzene rings is 5. The van der Waals surface area contributed by atoms with Gasteiger partial charge in [0.1, 0.15) is 11.5 Å². The minimum absolute atomic E-state index is 0.300. The molecule has 0 saturated carbocycles. The zero-order valence-electron chi connectivity index (χ0n) is 15.6. The van der Waals surface area contributed by atoms with Gasteiger partial charge in [0, 0.05) is 21.5 Å². The predicted molar refractivity (Wildman–Crippen MR) is 114 cm³/mol. The van der Waals surface area contributed by atoms with Crippen molar-refractivity contribution in [3.05, 3.63) is 71.3 Å². The number of hydrogen-bond donors (Lipinski definition) is 2. The quantitative estimate of drug-likeness (QED) is 0.307. The summed E-state index contributed by atoms with van der Waals surface area (Å²) in [6.07, 6.45) is 0. The van der Waals surface area contributed by atoms with E-state index in [0.29, 0.717) is 11.5 Å². The van der Waals surface area contributed by atoms with Crippen LogP contribution in [0, 0.1) is 20.8 Å². The topological polar surface area (TPSA) is 40.5 Å². The highest BCUT2D eigenvalue weighted by atomic mass is 16.3. The number of rotatable bonds is 0. The first-order valence-corrected chi connectivity index (χ1v) is 9.16. The first-order chi connectivity index (χ1) is 13.0. The molecule has 5 aromatic carbocycles. The van der Waals surface area contributed by atoms with E-state index < -0.39 is 0 Å². The minimum atomic E-state index is 0.300. The summed E-state index contributed by atoms with van der Waals surface area (Å²) >= 11 is 0. The zero-order chi connectivity index (χ0) is 18.9. The highest BCUT2D eigenvalue weighted by Gasteiger charge is 2.14. The Morgan fingerprint density at radius 1 is 0.519 bits per heavy atom. The molecule has 0 unspecified atom stereocenters. The van der Waals surface area contributed by atoms with E-state index in [1.807, 2.05) is 50.2 Å². The highest BCUT2D eigenvalue weighted by Crippen LogP contribution is 2.42. The van der Waals surface area contributed by atoms with E-state index in [1.165, 1.54) is 0 Å². The van der Waals surface area contributed by atoms with Crippen molar-refractivity contribution >= 4 is 43.1 Å². The van der Waals surface area contributed by atoms with Crippen LogP contribution in [-0.2, 0) is 0 Å². The lowest BCUT2D eigenvalue weighted by atomic mass is 9.92. The van der Waals surface area contributed by atoms with Gasteiger partial charge in [-0.15, -0.1) is 0 Å². The number of aromatic hydroxyl groups is 2. The molecule has 0 aliphatic heterocycles. The van der Waals surface area contributed by atoms with Gasteiger partial charge >= 0.3 is 0 Å². The molecule has 5 aromatic rings. The average Bonchev–Trinajstić information content (AvgIpc) is 2.65. The molecule has 5 rings (SSSR count). The van der Waals surface area contributed by atoms with E-state index in [1.54, 1.807) is 0 Å². The molecule has 0 saturated heterocycles. The summed E-state index contributed by atoms with van der Waals surface area (Å²) < 4.78 is 0. The SMILES string of the molecule is Cc1cccc2c(O)c3cc4cc5c(C)ccc(C)c5c(O)c4cc3cc12. The Morgan fingerprint density at radius 2 is 1.07 bits per heavy atom. The van der Waals surface area contributed by atoms with Gasteiger partial charge in [-0.25, -0.2) is 0 Å². The Balaban J connectivity index is 2.01. The van der Waals surface area contributed by atoms with E-state index >= 15 is 0 Å². The Hall–Kier alpha value is -3.26. The minimum Gasteiger partial charge on any atom is -0.507 e. The van der Waals surface area contributed by atoms with E-state index in [2.05, 4.69) is 25.1 Å². The van der Waals surface area contributed by atoms with Crippen LogP contribution in [0.2, 0.25) is 0 Å². The fourth-order valence-electron chi connectivity index (χ4n) is 4.28. The van der Waals surface area contributed by atoms with Crippen LogP contribution in [0.25, 0.3) is 43.1 Å². The fraction of sp³-hybridized carbons (Fsp3) is 0.120. The molecule has 0 aromatic heterocycles. The van der Waals surface area contributed by atoms with Crippen LogP contribution in [0.5, 0.6) is 11.5 Å². The van der Waals surface area contributed by atoms with Gasteiger partial charge < -0.3 is 10.2 Å². The Labute approximate surface area is 157 Å². The lowest BCUT2D eigenvalue weighted by Gasteiger charge is -2.14. The van der Waals surface area contributed by atoms with Crippen LogP contribution in [-0.4, -0.2) is 10.2 Å². The number of fused-ring (bicyclic) bond motifs is 4. The summed E-state index contributed by atoms with van der Waals surface area (Å²) in [5, 5.41) is 29.3. The normalized spacial score (nSPS) is 11.8. The summed E-state index contributed by atoms with van der Waals surface area (Å²) in [5.41, 5.74) is 3.32. The molecule has 0 heterocycles. The summed E-state index contributed by atoms with van der Waals surface area (Å²) in [6.45, 7) is 6.13. The van der Waals surface area contributed by atoms with Gasteiger partial charge in [0.2, 0.25) is 0 Å². The first-order valence-electron chi connectivity index (χ1n) is 9.16. The molecule has 0 fully saturated rings. The maximum absolute atomic E-state index is 11.0. The fourth-order valence-corrected chi connectivity index (χ4v) is 4.28. The van der Waals surface area contributed by atoms with Crippen molar-refractivity contribution in [1.29, 1.82) is 0 Å². The molecule has 0 amide bonds. The highest BCUT2D eigenvalue weighted by molar-refractivity contribution is 6.15. The van der Waals surface area contributed by atoms with Crippen molar-refractivity contribution < 1.29 is 10.2 Å². The van der Waals surface area contributed by atoms with Gasteiger partial charge in [0.15, 0.2) is 0 Å². The largest absolute Gasteiger partial charge is 0.507 e. The lowest BCUT2D eigenvalue weighted by Crippen LogP contribution is -1.87. The molecule has 27 heavy (non-hydrogen) atoms. The van der Waals surface area contributed by atoms with E-state index in [9.17, 15) is 10.2 Å². The molecule has 0 atom stereocenters. The third-order valence-corrected chi connectivity index (χ3v) is 5.82. The molecule has 2 nitrogen and oxygen atoms in total. The predicted octanol–water partition coefficient (Wildman–Crippen LogP) is 6.64. The van der Waals surface area contributed by atoms with Crippen LogP contribution in [0.3, 0.4) is 0 Å². The second-order valence-electron chi connectivity index (χ2n) is 7.54. The summed E-state index contributed by atoms with van der Waals surface area (Å²) in [5.74, 6) is 0.614. The Morgan fingerprint density at radius 3 is 1.81 bits per heavy atom. The van der Waals surface area contributed by atoms with Gasteiger partial charge in [0.25, 0.3) is 0 Å². The van der Waals surface area contributed by atoms with Gasteiger partial charge in [0.05, 0.1) is 0 Å². The maximum atomic E-state index is 11.0. The first kappa shape index (κ1) is 16.0. The van der Waals surface area contributed by atoms with Gasteiger partial charge in [-0.3, -0.25) is 0 Å². The smallest absolute Gasteiger partial charge is 0.131 e. The van der Waals surface area contributed by atoms with Gasteiger partial charge in [-0.1, -0.05) is 30.3 Å². The van der Waals surface area contributed by atoms with Crippen molar-refractivity contribution in [1.82, 2.24) is 0 Å². The van der Waals surface area contributed by atoms with Crippen molar-refractivity contribution in [2.45, 2.75) is 20.8 Å². The third kappa shape index (κ3) is 2.13. The zero-order valence-corrected chi connectivity index (χ0v) is 15.6. The number of hydrogen-bond acceptors (Lipinski definition) is 2. The van der Waals surface area contributed by atoms with Crippen LogP contribution in [0.4, 0.5) is 0 Å². The number of phenolic OH excluding ortho intramolecular Hbond substituents is 2. The number of aryl methyl sites for hydroxylation is 3. The molecule has 0 aliphatic rings. The average molecular weight is 352 g/mol. The van der Waals surface area contributed by atoms with E-state index in [-0.39, 0.29) is 0 Å². The standard InChI is InChI=1S/C25H20O2/c1-13-5-4-6-18-19(13)9-16-12-22-17(11-21(16)24(18)26)10-20-14(2)7-8-15(3)23(20)25(22)27/h4-12,26-27H,1-3H3. The van der Waals surface area contributed by atoms with Crippen molar-refractivity contribution in [2.75, 3.05) is 0 Å². The maximum Gasteiger partial charge on any atom is 0.131 e. The molecule has 0 spiro atoms. The summed E-state index contributed by atoms with van der Waals surface area (Å²) in [4.78, 5) is 0.